The zero-order chi connectivity index (χ0) is 15.0. The molecule has 0 aliphatic heterocycles. The largest absolute Gasteiger partial charge is 0.323 e. The Kier molecular flexibility index (Phi) is 3.31. The van der Waals surface area contributed by atoms with Crippen molar-refractivity contribution in [2.75, 3.05) is 7.05 Å². The monoisotopic (exact) mass is 289 g/mol. The predicted molar refractivity (Wildman–Crippen MR) is 76.2 cm³/mol. The molecule has 1 unspecified atom stereocenters. The topological polar surface area (TPSA) is 60.7 Å². The highest BCUT2D eigenvalue weighted by Gasteiger charge is 2.15. The number of imidazole rings is 1. The summed E-state index contributed by atoms with van der Waals surface area (Å²) in [5.74, 6) is -1.76. The van der Waals surface area contributed by atoms with Crippen molar-refractivity contribution < 1.29 is 8.78 Å². The Morgan fingerprint density at radius 2 is 1.62 bits per heavy atom. The van der Waals surface area contributed by atoms with Gasteiger partial charge in [-0.2, -0.15) is 0 Å². The molecule has 4 nitrogen and oxygen atoms in total. The summed E-state index contributed by atoms with van der Waals surface area (Å²) in [6.07, 6.45) is 0. The molecule has 0 radical (unpaired) electrons. The van der Waals surface area contributed by atoms with Crippen LogP contribution in [0.2, 0.25) is 0 Å². The molecule has 3 rings (SSSR count). The lowest BCUT2D eigenvalue weighted by Gasteiger charge is -2.17. The van der Waals surface area contributed by atoms with Gasteiger partial charge in [0, 0.05) is 0 Å². The summed E-state index contributed by atoms with van der Waals surface area (Å²) >= 11 is 0. The average Bonchev–Trinajstić information content (AvgIpc) is 2.83. The van der Waals surface area contributed by atoms with Crippen LogP contribution in [0.5, 0.6) is 0 Å². The van der Waals surface area contributed by atoms with Crippen LogP contribution in [-0.2, 0) is 0 Å². The van der Waals surface area contributed by atoms with Gasteiger partial charge in [0.05, 0.1) is 17.1 Å². The molecule has 3 N–H and O–H groups in total. The minimum absolute atomic E-state index is 0.281. The van der Waals surface area contributed by atoms with E-state index in [1.165, 1.54) is 12.1 Å². The third kappa shape index (κ3) is 2.45. The van der Waals surface area contributed by atoms with Gasteiger partial charge in [-0.3, -0.25) is 0 Å². The number of halogens is 2. The summed E-state index contributed by atoms with van der Waals surface area (Å²) in [4.78, 5) is 16.6. The van der Waals surface area contributed by atoms with Crippen LogP contribution in [0.1, 0.15) is 17.2 Å². The van der Waals surface area contributed by atoms with E-state index in [4.69, 9.17) is 0 Å². The zero-order valence-electron chi connectivity index (χ0n) is 11.2. The maximum atomic E-state index is 13.4. The molecule has 1 heterocycles. The number of rotatable bonds is 3. The summed E-state index contributed by atoms with van der Waals surface area (Å²) in [6.45, 7) is 0. The van der Waals surface area contributed by atoms with E-state index in [0.29, 0.717) is 16.6 Å². The van der Waals surface area contributed by atoms with Gasteiger partial charge in [0.25, 0.3) is 0 Å². The minimum atomic E-state index is -0.885. The second kappa shape index (κ2) is 5.14. The Bertz CT molecular complexity index is 853. The fraction of sp³-hybridized carbons (Fsp3) is 0.133. The zero-order valence-corrected chi connectivity index (χ0v) is 11.2. The molecule has 0 spiro atoms. The lowest BCUT2D eigenvalue weighted by atomic mass is 9.98. The molecule has 0 amide bonds. The van der Waals surface area contributed by atoms with Crippen LogP contribution < -0.4 is 11.0 Å². The third-order valence-electron chi connectivity index (χ3n) is 3.44. The van der Waals surface area contributed by atoms with E-state index in [9.17, 15) is 13.6 Å². The van der Waals surface area contributed by atoms with Crippen molar-refractivity contribution in [3.8, 4) is 0 Å². The Morgan fingerprint density at radius 3 is 2.33 bits per heavy atom. The van der Waals surface area contributed by atoms with Gasteiger partial charge in [0.2, 0.25) is 0 Å². The number of fused-ring (bicyclic) bond motifs is 1. The fourth-order valence-corrected chi connectivity index (χ4v) is 2.45. The van der Waals surface area contributed by atoms with Crippen molar-refractivity contribution in [3.63, 3.8) is 0 Å². The quantitative estimate of drug-likeness (QED) is 0.693. The first-order valence-corrected chi connectivity index (χ1v) is 6.42. The number of nitrogens with one attached hydrogen (secondary N) is 3. The van der Waals surface area contributed by atoms with Crippen LogP contribution in [0.3, 0.4) is 0 Å². The van der Waals surface area contributed by atoms with Gasteiger partial charge < -0.3 is 15.3 Å². The summed E-state index contributed by atoms with van der Waals surface area (Å²) in [6, 6.07) is 8.90. The third-order valence-corrected chi connectivity index (χ3v) is 3.44. The molecule has 21 heavy (non-hydrogen) atoms. The molecule has 6 heteroatoms. The Morgan fingerprint density at radius 1 is 0.952 bits per heavy atom. The second-order valence-corrected chi connectivity index (χ2v) is 4.78. The second-order valence-electron chi connectivity index (χ2n) is 4.78. The lowest BCUT2D eigenvalue weighted by molar-refractivity contribution is 0.505. The normalized spacial score (nSPS) is 12.7. The molecule has 0 bridgehead atoms. The van der Waals surface area contributed by atoms with Crippen molar-refractivity contribution in [2.45, 2.75) is 6.04 Å². The van der Waals surface area contributed by atoms with Crippen LogP contribution in [0.15, 0.2) is 41.2 Å². The highest BCUT2D eigenvalue weighted by atomic mass is 19.2. The molecule has 1 atom stereocenters. The molecule has 3 aromatic rings. The number of aromatic nitrogens is 2. The summed E-state index contributed by atoms with van der Waals surface area (Å²) < 4.78 is 26.4. The molecule has 0 saturated carbocycles. The van der Waals surface area contributed by atoms with Gasteiger partial charge in [-0.1, -0.05) is 12.1 Å². The van der Waals surface area contributed by atoms with E-state index in [2.05, 4.69) is 15.3 Å². The van der Waals surface area contributed by atoms with Gasteiger partial charge in [0.15, 0.2) is 11.6 Å². The number of hydrogen-bond donors (Lipinski definition) is 3. The SMILES string of the molecule is CNC(c1ccc(F)c(F)c1)c1ccc2[nH]c(=O)[nH]c2c1. The Labute approximate surface area is 118 Å². The number of H-pyrrole nitrogens is 2. The van der Waals surface area contributed by atoms with Gasteiger partial charge in [-0.05, 0) is 42.4 Å². The lowest BCUT2D eigenvalue weighted by Crippen LogP contribution is -2.18. The number of benzene rings is 2. The van der Waals surface area contributed by atoms with Gasteiger partial charge in [-0.15, -0.1) is 0 Å². The molecular formula is C15H13F2N3O. The smallest absolute Gasteiger partial charge is 0.309 e. The number of hydrogen-bond acceptors (Lipinski definition) is 2. The van der Waals surface area contributed by atoms with Crippen molar-refractivity contribution in [2.24, 2.45) is 0 Å². The fourth-order valence-electron chi connectivity index (χ4n) is 2.45. The van der Waals surface area contributed by atoms with Crippen molar-refractivity contribution in [1.82, 2.24) is 15.3 Å². The first-order chi connectivity index (χ1) is 10.1. The standard InChI is InChI=1S/C15H13F2N3O/c1-18-14(8-2-4-10(16)11(17)6-8)9-3-5-12-13(7-9)20-15(21)19-12/h2-7,14,18H,1H3,(H2,19,20,21). The molecule has 0 aliphatic rings. The van der Waals surface area contributed by atoms with Crippen LogP contribution in [0.4, 0.5) is 8.78 Å². The van der Waals surface area contributed by atoms with Crippen molar-refractivity contribution >= 4 is 11.0 Å². The summed E-state index contributed by atoms with van der Waals surface area (Å²) in [5, 5.41) is 3.06. The van der Waals surface area contributed by atoms with E-state index in [-0.39, 0.29) is 11.7 Å². The maximum Gasteiger partial charge on any atom is 0.323 e. The van der Waals surface area contributed by atoms with Crippen molar-refractivity contribution in [1.29, 1.82) is 0 Å². The van der Waals surface area contributed by atoms with E-state index in [1.807, 2.05) is 6.07 Å². The van der Waals surface area contributed by atoms with E-state index in [0.717, 1.165) is 11.6 Å². The van der Waals surface area contributed by atoms with Gasteiger partial charge >= 0.3 is 5.69 Å². The molecule has 0 aliphatic carbocycles. The first-order valence-electron chi connectivity index (χ1n) is 6.42. The van der Waals surface area contributed by atoms with E-state index in [1.54, 1.807) is 19.2 Å². The van der Waals surface area contributed by atoms with Gasteiger partial charge in [0.1, 0.15) is 0 Å². The van der Waals surface area contributed by atoms with Crippen LogP contribution in [0, 0.1) is 11.6 Å². The van der Waals surface area contributed by atoms with Crippen molar-refractivity contribution in [3.05, 3.63) is 69.6 Å². The molecule has 108 valence electrons. The summed E-state index contributed by atoms with van der Waals surface area (Å²) in [7, 11) is 1.73. The van der Waals surface area contributed by atoms with E-state index >= 15 is 0 Å². The highest BCUT2D eigenvalue weighted by molar-refractivity contribution is 5.75. The predicted octanol–water partition coefficient (Wildman–Crippen LogP) is 2.44. The van der Waals surface area contributed by atoms with Crippen LogP contribution in [-0.4, -0.2) is 17.0 Å². The Balaban J connectivity index is 2.08. The maximum absolute atomic E-state index is 13.4. The van der Waals surface area contributed by atoms with E-state index < -0.39 is 11.6 Å². The molecule has 0 fully saturated rings. The van der Waals surface area contributed by atoms with Crippen LogP contribution in [0.25, 0.3) is 11.0 Å². The average molecular weight is 289 g/mol. The molecule has 1 aromatic heterocycles. The molecule has 2 aromatic carbocycles. The molecule has 0 saturated heterocycles. The highest BCUT2D eigenvalue weighted by Crippen LogP contribution is 2.25. The van der Waals surface area contributed by atoms with Gasteiger partial charge in [-0.25, -0.2) is 13.6 Å². The molecular weight excluding hydrogens is 276 g/mol. The first kappa shape index (κ1) is 13.5. The van der Waals surface area contributed by atoms with Crippen LogP contribution >= 0.6 is 0 Å². The summed E-state index contributed by atoms with van der Waals surface area (Å²) in [5.41, 5.74) is 2.53. The number of aromatic amines is 2. The Hall–Kier alpha value is -2.47. The minimum Gasteiger partial charge on any atom is -0.309 e.